The Kier molecular flexibility index (Phi) is 10.7. The highest BCUT2D eigenvalue weighted by atomic mass is 16.5. The fourth-order valence-electron chi connectivity index (χ4n) is 12.6. The third kappa shape index (κ3) is 7.63. The van der Waals surface area contributed by atoms with E-state index in [0.717, 1.165) is 144 Å². The highest BCUT2D eigenvalue weighted by Gasteiger charge is 2.29. The van der Waals surface area contributed by atoms with E-state index in [-0.39, 0.29) is 5.41 Å². The number of hydrogen-bond donors (Lipinski definition) is 0. The average molecular weight is 1050 g/mol. The van der Waals surface area contributed by atoms with Crippen molar-refractivity contribution < 1.29 is 13.7 Å². The van der Waals surface area contributed by atoms with E-state index in [1.54, 1.807) is 0 Å². The molecule has 1 aliphatic heterocycles. The normalized spacial score (nSPS) is 12.1. The van der Waals surface area contributed by atoms with Gasteiger partial charge in [-0.15, -0.1) is 0 Å². The molecule has 0 unspecified atom stereocenters. The van der Waals surface area contributed by atoms with Gasteiger partial charge in [0.2, 0.25) is 0 Å². The second-order valence-corrected chi connectivity index (χ2v) is 22.5. The standard InChI is InChI=1S/C76H52N4O2/c1-76(2,3)53-39-40-77-71(44-53)80-67-32-14-12-27-60(67)61-36-35-56(46-69(61)80)81-55-24-16-23-54(45-55)78-47-79-73-57(52-42-50(48-19-6-4-7-20-48)41-51(43-52)49-21-8-5-9-22-49)29-17-31-66(73)72-63(37-38-65-62-28-13-15-34-70(62)82-75(65)72)58-25-10-11-26-59(58)64-30-18-33-68(78)74(64)79/h4-46H,1-3H3. The molecule has 0 bridgehead atoms. The number of imidazole rings is 1. The summed E-state index contributed by atoms with van der Waals surface area (Å²) in [6.45, 7) is 6.72. The lowest BCUT2D eigenvalue weighted by atomic mass is 9.86. The summed E-state index contributed by atoms with van der Waals surface area (Å²) in [6, 6.07) is 91.2. The van der Waals surface area contributed by atoms with Gasteiger partial charge in [-0.1, -0.05) is 191 Å². The minimum Gasteiger partial charge on any atom is -0.458 e. The summed E-state index contributed by atoms with van der Waals surface area (Å²) in [5.41, 5.74) is 22.0. The number of rotatable bonds is 7. The molecule has 0 radical (unpaired) electrons. The zero-order valence-electron chi connectivity index (χ0n) is 45.4. The number of aromatic nitrogens is 4. The highest BCUT2D eigenvalue weighted by Crippen LogP contribution is 2.50. The van der Waals surface area contributed by atoms with Gasteiger partial charge in [0, 0.05) is 39.4 Å². The fraction of sp³-hybridized carbons (Fsp3) is 0.0526. The largest absolute Gasteiger partial charge is 0.458 e. The minimum absolute atomic E-state index is 0.0422. The molecule has 11 aromatic carbocycles. The Hall–Kier alpha value is -10.6. The van der Waals surface area contributed by atoms with Crippen molar-refractivity contribution in [2.75, 3.05) is 0 Å². The molecule has 388 valence electrons. The van der Waals surface area contributed by atoms with E-state index >= 15 is 0 Å². The maximum Gasteiger partial charge on any atom is 0.269 e. The first-order valence-corrected chi connectivity index (χ1v) is 28.0. The van der Waals surface area contributed by atoms with Crippen LogP contribution in [0.1, 0.15) is 26.3 Å². The lowest BCUT2D eigenvalue weighted by Gasteiger charge is -2.20. The summed E-state index contributed by atoms with van der Waals surface area (Å²) in [5.74, 6) is 2.30. The van der Waals surface area contributed by atoms with E-state index in [1.165, 1.54) is 5.56 Å². The molecule has 0 atom stereocenters. The summed E-state index contributed by atoms with van der Waals surface area (Å²) in [7, 11) is 0. The van der Waals surface area contributed by atoms with Gasteiger partial charge in [-0.3, -0.25) is 13.7 Å². The first kappa shape index (κ1) is 47.4. The number of hydrogen-bond acceptors (Lipinski definition) is 3. The van der Waals surface area contributed by atoms with E-state index in [4.69, 9.17) is 14.1 Å². The zero-order chi connectivity index (χ0) is 54.6. The van der Waals surface area contributed by atoms with E-state index in [1.807, 2.05) is 12.3 Å². The maximum atomic E-state index is 7.09. The molecular weight excluding hydrogens is 1000 g/mol. The quantitative estimate of drug-likeness (QED) is 0.118. The van der Waals surface area contributed by atoms with Gasteiger partial charge in [-0.25, -0.2) is 4.98 Å². The van der Waals surface area contributed by atoms with Crippen LogP contribution < -0.4 is 9.30 Å². The Bertz CT molecular complexity index is 5000. The average Bonchev–Trinajstić information content (AvgIpc) is 3.80. The van der Waals surface area contributed by atoms with Gasteiger partial charge in [0.1, 0.15) is 28.5 Å². The van der Waals surface area contributed by atoms with E-state index < -0.39 is 0 Å². The predicted molar refractivity (Wildman–Crippen MR) is 334 cm³/mol. The van der Waals surface area contributed by atoms with Gasteiger partial charge in [0.05, 0.1) is 33.4 Å². The molecular formula is C76H52N4O2. The van der Waals surface area contributed by atoms with Gasteiger partial charge < -0.3 is 9.15 Å². The lowest BCUT2D eigenvalue weighted by Crippen LogP contribution is -2.32. The summed E-state index contributed by atoms with van der Waals surface area (Å²) in [6.07, 6.45) is 5.97. The molecule has 6 heteroatoms. The number of para-hydroxylation sites is 4. The monoisotopic (exact) mass is 1050 g/mol. The Balaban J connectivity index is 0.930. The van der Waals surface area contributed by atoms with Crippen LogP contribution in [0, 0.1) is 6.33 Å². The van der Waals surface area contributed by atoms with Crippen molar-refractivity contribution in [3.63, 3.8) is 0 Å². The summed E-state index contributed by atoms with van der Waals surface area (Å²) in [5, 5.41) is 4.44. The van der Waals surface area contributed by atoms with Crippen LogP contribution in [0.15, 0.2) is 265 Å². The topological polar surface area (TPSA) is 49.0 Å². The van der Waals surface area contributed by atoms with Crippen LogP contribution in [0.25, 0.3) is 139 Å². The number of furan rings is 1. The third-order valence-electron chi connectivity index (χ3n) is 16.5. The number of ether oxygens (including phenoxy) is 1. The van der Waals surface area contributed by atoms with Crippen molar-refractivity contribution in [3.05, 3.63) is 273 Å². The van der Waals surface area contributed by atoms with Crippen molar-refractivity contribution in [1.82, 2.24) is 14.1 Å². The lowest BCUT2D eigenvalue weighted by molar-refractivity contribution is -0.570. The van der Waals surface area contributed by atoms with Gasteiger partial charge >= 0.3 is 0 Å². The second kappa shape index (κ2) is 18.5. The summed E-state index contributed by atoms with van der Waals surface area (Å²) >= 11 is 0. The van der Waals surface area contributed by atoms with Crippen LogP contribution in [-0.4, -0.2) is 14.1 Å². The van der Waals surface area contributed by atoms with Crippen LogP contribution >= 0.6 is 0 Å². The van der Waals surface area contributed by atoms with E-state index in [9.17, 15) is 0 Å². The first-order chi connectivity index (χ1) is 40.3. The Labute approximate surface area is 474 Å². The van der Waals surface area contributed by atoms with Crippen molar-refractivity contribution in [1.29, 1.82) is 0 Å². The molecule has 15 aromatic rings. The molecule has 5 heterocycles. The Morgan fingerprint density at radius 1 is 0.439 bits per heavy atom. The number of benzene rings is 11. The third-order valence-corrected chi connectivity index (χ3v) is 16.5. The van der Waals surface area contributed by atoms with Crippen molar-refractivity contribution >= 4 is 54.8 Å². The van der Waals surface area contributed by atoms with Gasteiger partial charge in [-0.2, -0.15) is 0 Å². The molecule has 1 aliphatic rings. The molecule has 0 aliphatic carbocycles. The fourth-order valence-corrected chi connectivity index (χ4v) is 12.6. The minimum atomic E-state index is -0.0422. The van der Waals surface area contributed by atoms with Crippen LogP contribution in [0.2, 0.25) is 0 Å². The summed E-state index contributed by atoms with van der Waals surface area (Å²) in [4.78, 5) is 4.94. The summed E-state index contributed by atoms with van der Waals surface area (Å²) < 4.78 is 20.8. The molecule has 0 spiro atoms. The predicted octanol–water partition coefficient (Wildman–Crippen LogP) is 19.5. The molecule has 82 heavy (non-hydrogen) atoms. The number of fused-ring (bicyclic) bond motifs is 14. The van der Waals surface area contributed by atoms with Crippen molar-refractivity contribution in [2.45, 2.75) is 26.2 Å². The van der Waals surface area contributed by atoms with Gasteiger partial charge in [0.15, 0.2) is 0 Å². The van der Waals surface area contributed by atoms with Crippen LogP contribution in [0.4, 0.5) is 0 Å². The van der Waals surface area contributed by atoms with Crippen LogP contribution in [-0.2, 0) is 5.41 Å². The van der Waals surface area contributed by atoms with Crippen LogP contribution in [0.5, 0.6) is 11.5 Å². The van der Waals surface area contributed by atoms with E-state index in [0.29, 0.717) is 5.75 Å². The number of nitrogens with zero attached hydrogens (tertiary/aromatic N) is 4. The molecule has 0 saturated heterocycles. The zero-order valence-corrected chi connectivity index (χ0v) is 45.4. The smallest absolute Gasteiger partial charge is 0.269 e. The van der Waals surface area contributed by atoms with Gasteiger partial charge in [-0.05, 0) is 151 Å². The highest BCUT2D eigenvalue weighted by molar-refractivity contribution is 6.15. The van der Waals surface area contributed by atoms with Crippen molar-refractivity contribution in [2.24, 2.45) is 0 Å². The first-order valence-electron chi connectivity index (χ1n) is 28.0. The molecule has 16 rings (SSSR count). The Morgan fingerprint density at radius 3 is 1.84 bits per heavy atom. The molecule has 0 saturated carbocycles. The van der Waals surface area contributed by atoms with Crippen molar-refractivity contribution in [3.8, 4) is 95.5 Å². The Morgan fingerprint density at radius 2 is 1.05 bits per heavy atom. The van der Waals surface area contributed by atoms with E-state index in [2.05, 4.69) is 290 Å². The molecule has 0 fully saturated rings. The SMILES string of the molecule is CC(C)(C)c1ccnc(-n2c3ccccc3c3ccc(Oc4cccc(-n5[c-][n+]6c7c(cccc75)-c5ccccc5-c5ccc7c(oc8ccccc87)c5-c5cccc(-c7cc(-c8ccccc8)cc(-c8ccccc8)c7)c5-6)c4)cc32)c1. The second-order valence-electron chi connectivity index (χ2n) is 22.5. The van der Waals surface area contributed by atoms with Gasteiger partial charge in [0.25, 0.3) is 6.33 Å². The van der Waals surface area contributed by atoms with Crippen LogP contribution in [0.3, 0.4) is 0 Å². The molecule has 6 nitrogen and oxygen atoms in total. The molecule has 0 amide bonds. The number of pyridine rings is 1. The maximum absolute atomic E-state index is 7.09. The molecule has 0 N–H and O–H groups in total. The molecule has 4 aromatic heterocycles.